The highest BCUT2D eigenvalue weighted by Crippen LogP contribution is 2.16. The number of allylic oxidation sites excluding steroid dienone is 6. The van der Waals surface area contributed by atoms with Gasteiger partial charge in [-0.2, -0.15) is 0 Å². The molecule has 2 heteroatoms. The summed E-state index contributed by atoms with van der Waals surface area (Å²) in [5, 5.41) is 8.64. The van der Waals surface area contributed by atoms with Gasteiger partial charge in [0.1, 0.15) is 0 Å². The minimum Gasteiger partial charge on any atom is -0.481 e. The van der Waals surface area contributed by atoms with Crippen LogP contribution < -0.4 is 0 Å². The smallest absolute Gasteiger partial charge is 0.303 e. The van der Waals surface area contributed by atoms with Crippen LogP contribution in [0.2, 0.25) is 0 Å². The molecule has 0 fully saturated rings. The van der Waals surface area contributed by atoms with Crippen molar-refractivity contribution >= 4 is 5.97 Å². The first-order chi connectivity index (χ1) is 20.8. The third-order valence-corrected chi connectivity index (χ3v) is 8.53. The maximum atomic E-state index is 10.5. The van der Waals surface area contributed by atoms with Crippen LogP contribution in [0.1, 0.15) is 212 Å². The van der Waals surface area contributed by atoms with Gasteiger partial charge in [-0.1, -0.05) is 197 Å². The lowest BCUT2D eigenvalue weighted by atomic mass is 10.0. The normalized spacial score (nSPS) is 12.0. The van der Waals surface area contributed by atoms with Crippen molar-refractivity contribution in [2.45, 2.75) is 212 Å². The number of aliphatic carboxylic acids is 1. The number of carboxylic acids is 1. The van der Waals surface area contributed by atoms with E-state index in [-0.39, 0.29) is 0 Å². The van der Waals surface area contributed by atoms with Gasteiger partial charge in [0.15, 0.2) is 0 Å². The van der Waals surface area contributed by atoms with Gasteiger partial charge in [0.05, 0.1) is 0 Å². The summed E-state index contributed by atoms with van der Waals surface area (Å²) in [6.45, 7) is 2.28. The molecule has 0 saturated heterocycles. The van der Waals surface area contributed by atoms with Crippen LogP contribution in [-0.2, 0) is 4.79 Å². The van der Waals surface area contributed by atoms with Gasteiger partial charge in [-0.15, -0.1) is 0 Å². The van der Waals surface area contributed by atoms with E-state index in [2.05, 4.69) is 43.4 Å². The molecule has 246 valence electrons. The maximum absolute atomic E-state index is 10.5. The highest BCUT2D eigenvalue weighted by atomic mass is 16.4. The average Bonchev–Trinajstić information content (AvgIpc) is 2.98. The van der Waals surface area contributed by atoms with Crippen molar-refractivity contribution in [1.82, 2.24) is 0 Å². The van der Waals surface area contributed by atoms with Gasteiger partial charge >= 0.3 is 5.97 Å². The predicted molar refractivity (Wildman–Crippen MR) is 188 cm³/mol. The standard InChI is InChI=1S/C40H74O2/c1-2-3-4-5-6-7-8-9-10-11-12-13-14-15-16-17-18-19-20-21-22-23-24-25-26-27-28-29-30-31-32-33-34-35-36-37-38-39-40(41)42/h8-9,11-12,14-15H,2-7,10,13,16-39H2,1H3,(H,41,42)/b9-8-,12-11-,15-14-. The number of unbranched alkanes of at least 4 members (excludes halogenated alkanes) is 27. The first-order valence-electron chi connectivity index (χ1n) is 18.9. The van der Waals surface area contributed by atoms with Gasteiger partial charge in [-0.25, -0.2) is 0 Å². The van der Waals surface area contributed by atoms with Gasteiger partial charge in [-0.05, 0) is 44.9 Å². The molecule has 0 aromatic carbocycles. The Bertz CT molecular complexity index is 603. The molecular weight excluding hydrogens is 512 g/mol. The third kappa shape index (κ3) is 38.7. The Labute approximate surface area is 264 Å². The Hall–Kier alpha value is -1.31. The van der Waals surface area contributed by atoms with E-state index in [1.807, 2.05) is 0 Å². The molecule has 0 saturated carbocycles. The molecule has 1 N–H and O–H groups in total. The SMILES string of the molecule is CCCCCCC/C=C\C/C=C\C/C=C\CCCCCCCCCCCCCCCCCCCCCCCCC(=O)O. The molecule has 0 amide bonds. The number of hydrogen-bond acceptors (Lipinski definition) is 1. The van der Waals surface area contributed by atoms with Gasteiger partial charge in [-0.3, -0.25) is 4.79 Å². The van der Waals surface area contributed by atoms with Gasteiger partial charge in [0, 0.05) is 6.42 Å². The zero-order valence-corrected chi connectivity index (χ0v) is 28.4. The van der Waals surface area contributed by atoms with Crippen molar-refractivity contribution in [3.8, 4) is 0 Å². The minimum atomic E-state index is -0.650. The molecule has 0 aliphatic carbocycles. The van der Waals surface area contributed by atoms with Crippen molar-refractivity contribution in [3.63, 3.8) is 0 Å². The lowest BCUT2D eigenvalue weighted by Gasteiger charge is -2.04. The van der Waals surface area contributed by atoms with Crippen molar-refractivity contribution < 1.29 is 9.90 Å². The Balaban J connectivity index is 3.16. The number of carboxylic acid groups (broad SMARTS) is 1. The van der Waals surface area contributed by atoms with Crippen LogP contribution in [0.4, 0.5) is 0 Å². The molecule has 0 radical (unpaired) electrons. The van der Waals surface area contributed by atoms with E-state index >= 15 is 0 Å². The topological polar surface area (TPSA) is 37.3 Å². The average molecular weight is 587 g/mol. The Morgan fingerprint density at radius 3 is 0.952 bits per heavy atom. The fraction of sp³-hybridized carbons (Fsp3) is 0.825. The van der Waals surface area contributed by atoms with Crippen molar-refractivity contribution in [2.75, 3.05) is 0 Å². The monoisotopic (exact) mass is 587 g/mol. The van der Waals surface area contributed by atoms with E-state index in [9.17, 15) is 4.79 Å². The zero-order chi connectivity index (χ0) is 30.4. The zero-order valence-electron chi connectivity index (χ0n) is 28.4. The molecule has 0 aromatic rings. The van der Waals surface area contributed by atoms with E-state index < -0.39 is 5.97 Å². The molecule has 0 spiro atoms. The van der Waals surface area contributed by atoms with E-state index in [1.165, 1.54) is 173 Å². The van der Waals surface area contributed by atoms with E-state index in [0.717, 1.165) is 25.7 Å². The van der Waals surface area contributed by atoms with Gasteiger partial charge in [0.25, 0.3) is 0 Å². The van der Waals surface area contributed by atoms with Gasteiger partial charge in [0.2, 0.25) is 0 Å². The van der Waals surface area contributed by atoms with Crippen LogP contribution in [0, 0.1) is 0 Å². The minimum absolute atomic E-state index is 0.343. The summed E-state index contributed by atoms with van der Waals surface area (Å²) >= 11 is 0. The summed E-state index contributed by atoms with van der Waals surface area (Å²) in [5.74, 6) is -0.650. The summed E-state index contributed by atoms with van der Waals surface area (Å²) in [7, 11) is 0. The van der Waals surface area contributed by atoms with Crippen LogP contribution in [0.15, 0.2) is 36.5 Å². The fourth-order valence-corrected chi connectivity index (χ4v) is 5.72. The molecule has 0 atom stereocenters. The van der Waals surface area contributed by atoms with Gasteiger partial charge < -0.3 is 5.11 Å². The highest BCUT2D eigenvalue weighted by Gasteiger charge is 1.98. The second-order valence-corrected chi connectivity index (χ2v) is 12.8. The fourth-order valence-electron chi connectivity index (χ4n) is 5.72. The van der Waals surface area contributed by atoms with E-state index in [4.69, 9.17) is 5.11 Å². The van der Waals surface area contributed by atoms with E-state index in [0.29, 0.717) is 6.42 Å². The second-order valence-electron chi connectivity index (χ2n) is 12.8. The van der Waals surface area contributed by atoms with Crippen LogP contribution in [0.5, 0.6) is 0 Å². The summed E-state index contributed by atoms with van der Waals surface area (Å²) in [4.78, 5) is 10.5. The number of hydrogen-bond donors (Lipinski definition) is 1. The Kier molecular flexibility index (Phi) is 36.5. The molecule has 0 rings (SSSR count). The largest absolute Gasteiger partial charge is 0.481 e. The molecule has 2 nitrogen and oxygen atoms in total. The van der Waals surface area contributed by atoms with Crippen LogP contribution in [0.25, 0.3) is 0 Å². The summed E-state index contributed by atoms with van der Waals surface area (Å²) < 4.78 is 0. The van der Waals surface area contributed by atoms with Crippen molar-refractivity contribution in [2.24, 2.45) is 0 Å². The molecule has 0 aliphatic heterocycles. The first kappa shape index (κ1) is 40.7. The Morgan fingerprint density at radius 1 is 0.381 bits per heavy atom. The number of rotatable bonds is 35. The quantitative estimate of drug-likeness (QED) is 0.0592. The molecule has 0 aromatic heterocycles. The molecule has 0 unspecified atom stereocenters. The summed E-state index contributed by atoms with van der Waals surface area (Å²) in [6.07, 6.45) is 55.9. The summed E-state index contributed by atoms with van der Waals surface area (Å²) in [5.41, 5.74) is 0. The number of carbonyl (C=O) groups is 1. The van der Waals surface area contributed by atoms with Crippen LogP contribution >= 0.6 is 0 Å². The molecule has 0 bridgehead atoms. The first-order valence-corrected chi connectivity index (χ1v) is 18.9. The molecule has 0 aliphatic rings. The van der Waals surface area contributed by atoms with Crippen LogP contribution in [-0.4, -0.2) is 11.1 Å². The second kappa shape index (κ2) is 37.7. The summed E-state index contributed by atoms with van der Waals surface area (Å²) in [6, 6.07) is 0. The van der Waals surface area contributed by atoms with Crippen molar-refractivity contribution in [1.29, 1.82) is 0 Å². The van der Waals surface area contributed by atoms with Crippen molar-refractivity contribution in [3.05, 3.63) is 36.5 Å². The predicted octanol–water partition coefficient (Wildman–Crippen LogP) is 14.2. The Morgan fingerprint density at radius 2 is 0.643 bits per heavy atom. The maximum Gasteiger partial charge on any atom is 0.303 e. The molecular formula is C40H74O2. The highest BCUT2D eigenvalue weighted by molar-refractivity contribution is 5.66. The van der Waals surface area contributed by atoms with E-state index in [1.54, 1.807) is 0 Å². The third-order valence-electron chi connectivity index (χ3n) is 8.53. The molecule has 42 heavy (non-hydrogen) atoms. The van der Waals surface area contributed by atoms with Crippen LogP contribution in [0.3, 0.4) is 0 Å². The lowest BCUT2D eigenvalue weighted by Crippen LogP contribution is -1.93. The molecule has 0 heterocycles. The lowest BCUT2D eigenvalue weighted by molar-refractivity contribution is -0.137.